The van der Waals surface area contributed by atoms with Gasteiger partial charge in [0, 0.05) is 0 Å². The lowest BCUT2D eigenvalue weighted by atomic mass is 10.1. The minimum atomic E-state index is -1.51. The Bertz CT molecular complexity index is 1060. The lowest BCUT2D eigenvalue weighted by Crippen LogP contribution is -2.59. The van der Waals surface area contributed by atoms with Crippen LogP contribution in [0.3, 0.4) is 0 Å². The van der Waals surface area contributed by atoms with Crippen LogP contribution in [-0.4, -0.2) is 84.8 Å². The third kappa shape index (κ3) is 11.6. The molecule has 0 bridgehead atoms. The molecule has 6 amide bonds. The van der Waals surface area contributed by atoms with Crippen LogP contribution in [0.1, 0.15) is 39.0 Å². The molecular formula is C26H39N7O8. The third-order valence-electron chi connectivity index (χ3n) is 5.93. The number of ether oxygens (including phenoxy) is 1. The number of carbonyl (C=O) groups is 7. The fraction of sp³-hybridized carbons (Fsp3) is 0.500. The number of carbonyl (C=O) groups excluding carboxylic acids is 7. The van der Waals surface area contributed by atoms with Crippen LogP contribution in [0.4, 0.5) is 0 Å². The van der Waals surface area contributed by atoms with Crippen molar-refractivity contribution >= 4 is 41.4 Å². The van der Waals surface area contributed by atoms with Gasteiger partial charge in [0.2, 0.25) is 35.4 Å². The van der Waals surface area contributed by atoms with Crippen LogP contribution < -0.4 is 38.1 Å². The molecular weight excluding hydrogens is 538 g/mol. The minimum absolute atomic E-state index is 0.0212. The van der Waals surface area contributed by atoms with Gasteiger partial charge in [0.15, 0.2) is 0 Å². The van der Waals surface area contributed by atoms with E-state index >= 15 is 0 Å². The number of hydrogen-bond acceptors (Lipinski definition) is 9. The van der Waals surface area contributed by atoms with Crippen molar-refractivity contribution in [2.75, 3.05) is 7.11 Å². The number of nitrogens with one attached hydrogen (secondary N) is 5. The zero-order valence-corrected chi connectivity index (χ0v) is 23.1. The van der Waals surface area contributed by atoms with Crippen LogP contribution in [0.15, 0.2) is 37.5 Å². The van der Waals surface area contributed by atoms with Crippen molar-refractivity contribution in [3.05, 3.63) is 37.5 Å². The van der Waals surface area contributed by atoms with Crippen LogP contribution in [-0.2, 0) is 38.3 Å². The van der Waals surface area contributed by atoms with Crippen LogP contribution >= 0.6 is 0 Å². The molecule has 2 unspecified atom stereocenters. The Hall–Kier alpha value is -4.53. The molecule has 0 radical (unpaired) electrons. The summed E-state index contributed by atoms with van der Waals surface area (Å²) >= 11 is 0. The maximum atomic E-state index is 13.1. The monoisotopic (exact) mass is 577 g/mol. The van der Waals surface area contributed by atoms with E-state index in [1.807, 2.05) is 0 Å². The van der Waals surface area contributed by atoms with E-state index in [-0.39, 0.29) is 25.7 Å². The number of esters is 1. The summed E-state index contributed by atoms with van der Waals surface area (Å²) in [6.45, 7) is 8.54. The summed E-state index contributed by atoms with van der Waals surface area (Å²) in [4.78, 5) is 88.4. The number of amides is 6. The number of hydrogen-bond donors (Lipinski definition) is 7. The first-order valence-corrected chi connectivity index (χ1v) is 12.8. The summed E-state index contributed by atoms with van der Waals surface area (Å²) in [5.41, 5.74) is 11.2. The van der Waals surface area contributed by atoms with Gasteiger partial charge in [-0.2, -0.15) is 0 Å². The van der Waals surface area contributed by atoms with E-state index in [9.17, 15) is 33.6 Å². The van der Waals surface area contributed by atoms with Crippen molar-refractivity contribution < 1.29 is 38.3 Å². The van der Waals surface area contributed by atoms with Gasteiger partial charge in [0.25, 0.3) is 0 Å². The molecule has 0 fully saturated rings. The third-order valence-corrected chi connectivity index (χ3v) is 5.93. The summed E-state index contributed by atoms with van der Waals surface area (Å²) in [5, 5.41) is 12.2. The Balaban J connectivity index is 3.44. The summed E-state index contributed by atoms with van der Waals surface area (Å²) < 4.78 is 4.73. The van der Waals surface area contributed by atoms with E-state index in [1.54, 1.807) is 0 Å². The van der Waals surface area contributed by atoms with Crippen molar-refractivity contribution in [2.24, 2.45) is 11.5 Å². The molecule has 15 heteroatoms. The molecule has 226 valence electrons. The molecule has 0 aromatic rings. The van der Waals surface area contributed by atoms with Gasteiger partial charge in [0.05, 0.1) is 19.6 Å². The van der Waals surface area contributed by atoms with Crippen LogP contribution in [0.25, 0.3) is 0 Å². The van der Waals surface area contributed by atoms with Crippen molar-refractivity contribution in [3.63, 3.8) is 0 Å². The average molecular weight is 578 g/mol. The van der Waals surface area contributed by atoms with Crippen LogP contribution in [0.5, 0.6) is 0 Å². The molecule has 1 heterocycles. The summed E-state index contributed by atoms with van der Waals surface area (Å²) in [5.74, 6) is -5.62. The van der Waals surface area contributed by atoms with Gasteiger partial charge in [-0.15, -0.1) is 13.2 Å². The summed E-state index contributed by atoms with van der Waals surface area (Å²) in [7, 11) is 1.11. The smallest absolute Gasteiger partial charge is 0.328 e. The normalized spacial score (nSPS) is 27.9. The van der Waals surface area contributed by atoms with E-state index in [0.29, 0.717) is 0 Å². The summed E-state index contributed by atoms with van der Waals surface area (Å²) in [6, 6.07) is -7.30. The van der Waals surface area contributed by atoms with Gasteiger partial charge in [-0.25, -0.2) is 4.79 Å². The molecule has 41 heavy (non-hydrogen) atoms. The number of methoxy groups -OCH3 is 1. The zero-order chi connectivity index (χ0) is 31.1. The average Bonchev–Trinajstić information content (AvgIpc) is 2.91. The Morgan fingerprint density at radius 2 is 1.32 bits per heavy atom. The lowest BCUT2D eigenvalue weighted by Gasteiger charge is -2.26. The first kappa shape index (κ1) is 34.5. The fourth-order valence-corrected chi connectivity index (χ4v) is 3.64. The molecule has 0 saturated heterocycles. The number of primary amides is 1. The van der Waals surface area contributed by atoms with E-state index in [0.717, 1.165) is 7.11 Å². The summed E-state index contributed by atoms with van der Waals surface area (Å²) in [6.07, 6.45) is 4.92. The standard InChI is InChI=1S/C26H39N7O8/c1-5-9-16-23(37)31-17(10-6-2)24(38)33-19(13-20(28)34)25(39)32-18(26(40)41-4)12-8-7-11-15(27)22(36)29-14(3)21(35)30-16/h5-8,14-19H,1-2,9-13,27H2,3-4H3,(H2,28,34)(H,29,36)(H,30,35)(H,31,37)(H,32,39)(H,33,38)/b8-7-/t14-,15-,16-,17-,18?,19?/m0/s1. The Labute approximate surface area is 237 Å². The van der Waals surface area contributed by atoms with Gasteiger partial charge in [-0.3, -0.25) is 28.8 Å². The molecule has 15 nitrogen and oxygen atoms in total. The predicted molar refractivity (Wildman–Crippen MR) is 147 cm³/mol. The van der Waals surface area contributed by atoms with Crippen molar-refractivity contribution in [3.8, 4) is 0 Å². The Kier molecular flexibility index (Phi) is 14.5. The van der Waals surface area contributed by atoms with Gasteiger partial charge in [-0.1, -0.05) is 24.3 Å². The topological polar surface area (TPSA) is 241 Å². The number of rotatable bonds is 7. The van der Waals surface area contributed by atoms with E-state index in [2.05, 4.69) is 39.7 Å². The van der Waals surface area contributed by atoms with Gasteiger partial charge in [0.1, 0.15) is 30.2 Å². The lowest BCUT2D eigenvalue weighted by molar-refractivity contribution is -0.145. The minimum Gasteiger partial charge on any atom is -0.467 e. The Morgan fingerprint density at radius 3 is 1.83 bits per heavy atom. The second-order valence-corrected chi connectivity index (χ2v) is 9.27. The Morgan fingerprint density at radius 1 is 0.829 bits per heavy atom. The van der Waals surface area contributed by atoms with Crippen LogP contribution in [0, 0.1) is 0 Å². The molecule has 0 aromatic heterocycles. The largest absolute Gasteiger partial charge is 0.467 e. The molecule has 0 aliphatic carbocycles. The van der Waals surface area contributed by atoms with E-state index in [4.69, 9.17) is 16.2 Å². The molecule has 6 atom stereocenters. The van der Waals surface area contributed by atoms with Gasteiger partial charge < -0.3 is 42.8 Å². The molecule has 0 spiro atoms. The highest BCUT2D eigenvalue weighted by Gasteiger charge is 2.32. The highest BCUT2D eigenvalue weighted by molar-refractivity contribution is 5.97. The second-order valence-electron chi connectivity index (χ2n) is 9.27. The molecule has 1 aliphatic heterocycles. The SMILES string of the molecule is C=CC[C@@H]1NC(=O)[C@H](C)NC(=O)[C@@H](N)C/C=C\CC(C(=O)OC)NC(=O)C(CC(N)=O)NC(=O)[C@H](CC=C)NC1=O. The van der Waals surface area contributed by atoms with Gasteiger partial charge in [-0.05, 0) is 32.6 Å². The highest BCUT2D eigenvalue weighted by Crippen LogP contribution is 2.05. The first-order chi connectivity index (χ1) is 19.3. The molecule has 1 aliphatic rings. The molecule has 0 saturated carbocycles. The van der Waals surface area contributed by atoms with E-state index < -0.39 is 84.1 Å². The molecule has 1 rings (SSSR count). The first-order valence-electron chi connectivity index (χ1n) is 12.8. The van der Waals surface area contributed by atoms with Gasteiger partial charge >= 0.3 is 5.97 Å². The maximum Gasteiger partial charge on any atom is 0.328 e. The highest BCUT2D eigenvalue weighted by atomic mass is 16.5. The second kappa shape index (κ2) is 17.2. The number of nitrogens with two attached hydrogens (primary N) is 2. The molecule has 9 N–H and O–H groups in total. The maximum absolute atomic E-state index is 13.1. The predicted octanol–water partition coefficient (Wildman–Crippen LogP) is -2.69. The zero-order valence-electron chi connectivity index (χ0n) is 23.1. The molecule has 0 aromatic carbocycles. The van der Waals surface area contributed by atoms with Crippen molar-refractivity contribution in [1.29, 1.82) is 0 Å². The van der Waals surface area contributed by atoms with E-state index in [1.165, 1.54) is 31.2 Å². The van der Waals surface area contributed by atoms with Crippen molar-refractivity contribution in [2.45, 2.75) is 75.3 Å². The fourth-order valence-electron chi connectivity index (χ4n) is 3.64. The van der Waals surface area contributed by atoms with Crippen molar-refractivity contribution in [1.82, 2.24) is 26.6 Å². The van der Waals surface area contributed by atoms with Crippen LogP contribution in [0.2, 0.25) is 0 Å². The quantitative estimate of drug-likeness (QED) is 0.123.